The molecule has 0 aromatic carbocycles. The van der Waals surface area contributed by atoms with Gasteiger partial charge in [0.1, 0.15) is 11.0 Å². The summed E-state index contributed by atoms with van der Waals surface area (Å²) in [6.45, 7) is 0.396. The first-order valence-corrected chi connectivity index (χ1v) is 7.38. The van der Waals surface area contributed by atoms with E-state index in [1.807, 2.05) is 10.9 Å². The zero-order valence-electron chi connectivity index (χ0n) is 11.2. The number of fused-ring (bicyclic) bond motifs is 1. The Bertz CT molecular complexity index is 534. The van der Waals surface area contributed by atoms with Gasteiger partial charge in [-0.05, 0) is 28.8 Å². The molecule has 6 nitrogen and oxygen atoms in total. The number of carbonyl (C=O) groups is 1. The first kappa shape index (κ1) is 14.0. The highest BCUT2D eigenvalue weighted by Gasteiger charge is 2.63. The second-order valence-electron chi connectivity index (χ2n) is 5.63. The molecule has 20 heavy (non-hydrogen) atoms. The van der Waals surface area contributed by atoms with Crippen LogP contribution in [0.2, 0.25) is 0 Å². The Hall–Kier alpha value is -0.920. The number of carbonyl (C=O) groups excluding carboxylic acids is 1. The van der Waals surface area contributed by atoms with E-state index in [1.54, 1.807) is 6.20 Å². The van der Waals surface area contributed by atoms with Crippen LogP contribution in [0.5, 0.6) is 0 Å². The van der Waals surface area contributed by atoms with Gasteiger partial charge in [-0.15, -0.1) is 0 Å². The number of halogens is 1. The third kappa shape index (κ3) is 1.91. The quantitative estimate of drug-likeness (QED) is 0.818. The van der Waals surface area contributed by atoms with Crippen LogP contribution in [0.1, 0.15) is 25.3 Å². The first-order chi connectivity index (χ1) is 9.51. The summed E-state index contributed by atoms with van der Waals surface area (Å²) in [5, 5.41) is 15.2. The van der Waals surface area contributed by atoms with E-state index in [2.05, 4.69) is 21.0 Å². The molecule has 1 saturated carbocycles. The van der Waals surface area contributed by atoms with Crippen molar-refractivity contribution >= 4 is 21.9 Å². The molecule has 7 heteroatoms. The Morgan fingerprint density at radius 3 is 3.10 bits per heavy atom. The topological polar surface area (TPSA) is 73.6 Å². The summed E-state index contributed by atoms with van der Waals surface area (Å²) in [6, 6.07) is 0.0609. The van der Waals surface area contributed by atoms with E-state index >= 15 is 0 Å². The second kappa shape index (κ2) is 4.82. The molecule has 1 aromatic heterocycles. The molecule has 0 bridgehead atoms. The summed E-state index contributed by atoms with van der Waals surface area (Å²) < 4.78 is 13.1. The molecule has 1 saturated heterocycles. The number of methoxy groups -OCH3 is 1. The van der Waals surface area contributed by atoms with Crippen LogP contribution in [-0.4, -0.2) is 46.8 Å². The van der Waals surface area contributed by atoms with E-state index < -0.39 is 11.0 Å². The number of aliphatic hydroxyl groups is 1. The molecule has 1 N–H and O–H groups in total. The van der Waals surface area contributed by atoms with E-state index in [-0.39, 0.29) is 25.2 Å². The fourth-order valence-corrected chi connectivity index (χ4v) is 3.72. The summed E-state index contributed by atoms with van der Waals surface area (Å²) >= 11 is 3.37. The average molecular weight is 345 g/mol. The average Bonchev–Trinajstić information content (AvgIpc) is 3.00. The SMILES string of the molecule is COC(=O)[C@]12CCC(n3cc(Br)cn3)C[C@@]1(O)COC2. The summed E-state index contributed by atoms with van der Waals surface area (Å²) in [6.07, 6.45) is 5.34. The number of esters is 1. The Labute approximate surface area is 125 Å². The number of ether oxygens (including phenoxy) is 2. The summed E-state index contributed by atoms with van der Waals surface area (Å²) in [5.74, 6) is -0.377. The fraction of sp³-hybridized carbons (Fsp3) is 0.692. The second-order valence-corrected chi connectivity index (χ2v) is 6.55. The third-order valence-electron chi connectivity index (χ3n) is 4.58. The maximum absolute atomic E-state index is 12.1. The van der Waals surface area contributed by atoms with Crippen molar-refractivity contribution in [1.82, 2.24) is 9.78 Å². The highest BCUT2D eigenvalue weighted by atomic mass is 79.9. The minimum Gasteiger partial charge on any atom is -0.468 e. The van der Waals surface area contributed by atoms with Gasteiger partial charge < -0.3 is 14.6 Å². The lowest BCUT2D eigenvalue weighted by Gasteiger charge is -2.44. The van der Waals surface area contributed by atoms with Crippen molar-refractivity contribution in [3.63, 3.8) is 0 Å². The molecule has 2 aliphatic rings. The van der Waals surface area contributed by atoms with Crippen molar-refractivity contribution < 1.29 is 19.4 Å². The van der Waals surface area contributed by atoms with Crippen molar-refractivity contribution in [2.45, 2.75) is 30.9 Å². The third-order valence-corrected chi connectivity index (χ3v) is 4.99. The molecule has 3 rings (SSSR count). The lowest BCUT2D eigenvalue weighted by atomic mass is 9.63. The molecule has 1 unspecified atom stereocenters. The number of rotatable bonds is 2. The fourth-order valence-electron chi connectivity index (χ4n) is 3.42. The maximum atomic E-state index is 12.1. The predicted octanol–water partition coefficient (Wildman–Crippen LogP) is 1.29. The van der Waals surface area contributed by atoms with Crippen LogP contribution in [0.15, 0.2) is 16.9 Å². The van der Waals surface area contributed by atoms with E-state index in [4.69, 9.17) is 9.47 Å². The van der Waals surface area contributed by atoms with Crippen molar-refractivity contribution in [2.75, 3.05) is 20.3 Å². The highest BCUT2D eigenvalue weighted by Crippen LogP contribution is 2.52. The Balaban J connectivity index is 1.88. The van der Waals surface area contributed by atoms with Crippen LogP contribution in [0.4, 0.5) is 0 Å². The van der Waals surface area contributed by atoms with E-state index in [0.717, 1.165) is 10.9 Å². The Morgan fingerprint density at radius 1 is 1.65 bits per heavy atom. The van der Waals surface area contributed by atoms with Gasteiger partial charge in [-0.25, -0.2) is 0 Å². The Kier molecular flexibility index (Phi) is 3.38. The summed E-state index contributed by atoms with van der Waals surface area (Å²) in [4.78, 5) is 12.1. The van der Waals surface area contributed by atoms with Crippen LogP contribution in [0.3, 0.4) is 0 Å². The van der Waals surface area contributed by atoms with E-state index in [9.17, 15) is 9.90 Å². The zero-order chi connectivity index (χ0) is 14.4. The predicted molar refractivity (Wildman–Crippen MR) is 73.0 cm³/mol. The first-order valence-electron chi connectivity index (χ1n) is 6.59. The van der Waals surface area contributed by atoms with Gasteiger partial charge in [0.15, 0.2) is 0 Å². The summed E-state index contributed by atoms with van der Waals surface area (Å²) in [7, 11) is 1.35. The highest BCUT2D eigenvalue weighted by molar-refractivity contribution is 9.10. The number of nitrogens with zero attached hydrogens (tertiary/aromatic N) is 2. The monoisotopic (exact) mass is 344 g/mol. The lowest BCUT2D eigenvalue weighted by Crippen LogP contribution is -2.56. The number of hydrogen-bond acceptors (Lipinski definition) is 5. The van der Waals surface area contributed by atoms with E-state index in [0.29, 0.717) is 12.8 Å². The maximum Gasteiger partial charge on any atom is 0.317 e. The van der Waals surface area contributed by atoms with Gasteiger partial charge in [0, 0.05) is 12.6 Å². The molecular formula is C13H17BrN2O4. The van der Waals surface area contributed by atoms with Gasteiger partial charge in [-0.1, -0.05) is 0 Å². The van der Waals surface area contributed by atoms with Gasteiger partial charge >= 0.3 is 5.97 Å². The van der Waals surface area contributed by atoms with Crippen LogP contribution in [0, 0.1) is 5.41 Å². The van der Waals surface area contributed by atoms with Gasteiger partial charge in [0.2, 0.25) is 0 Å². The van der Waals surface area contributed by atoms with E-state index in [1.165, 1.54) is 7.11 Å². The lowest BCUT2D eigenvalue weighted by molar-refractivity contribution is -0.173. The van der Waals surface area contributed by atoms with Gasteiger partial charge in [-0.2, -0.15) is 5.10 Å². The molecule has 3 atom stereocenters. The standard InChI is InChI=1S/C13H17BrN2O4/c1-19-11(17)12-3-2-10(16-6-9(14)5-15-16)4-13(12,18)8-20-7-12/h5-6,10,18H,2-4,7-8H2,1H3/t10?,12-,13-/m1/s1. The number of hydrogen-bond donors (Lipinski definition) is 1. The molecule has 1 aromatic rings. The van der Waals surface area contributed by atoms with Crippen LogP contribution in [-0.2, 0) is 14.3 Å². The van der Waals surface area contributed by atoms with Crippen molar-refractivity contribution in [3.8, 4) is 0 Å². The van der Waals surface area contributed by atoms with Crippen molar-refractivity contribution in [2.24, 2.45) is 5.41 Å². The molecule has 110 valence electrons. The molecule has 0 radical (unpaired) electrons. The van der Waals surface area contributed by atoms with Gasteiger partial charge in [0.05, 0.1) is 37.0 Å². The van der Waals surface area contributed by atoms with Gasteiger partial charge in [-0.3, -0.25) is 9.48 Å². The zero-order valence-corrected chi connectivity index (χ0v) is 12.8. The minimum atomic E-state index is -1.18. The molecule has 1 aliphatic carbocycles. The Morgan fingerprint density at radius 2 is 2.45 bits per heavy atom. The molecule has 2 fully saturated rings. The van der Waals surface area contributed by atoms with Crippen LogP contribution in [0.25, 0.3) is 0 Å². The van der Waals surface area contributed by atoms with Crippen molar-refractivity contribution in [1.29, 1.82) is 0 Å². The molecule has 1 aliphatic heterocycles. The number of aromatic nitrogens is 2. The molecule has 2 heterocycles. The molecular weight excluding hydrogens is 328 g/mol. The van der Waals surface area contributed by atoms with Crippen LogP contribution >= 0.6 is 15.9 Å². The minimum absolute atomic E-state index is 0.0609. The largest absolute Gasteiger partial charge is 0.468 e. The molecule has 0 spiro atoms. The molecule has 0 amide bonds. The van der Waals surface area contributed by atoms with Crippen molar-refractivity contribution in [3.05, 3.63) is 16.9 Å². The normalized spacial score (nSPS) is 36.6. The summed E-state index contributed by atoms with van der Waals surface area (Å²) in [5.41, 5.74) is -2.11. The van der Waals surface area contributed by atoms with Gasteiger partial charge in [0.25, 0.3) is 0 Å². The smallest absolute Gasteiger partial charge is 0.317 e. The van der Waals surface area contributed by atoms with Crippen LogP contribution < -0.4 is 0 Å².